The van der Waals surface area contributed by atoms with Crippen molar-refractivity contribution in [3.8, 4) is 0 Å². The zero-order valence-electron chi connectivity index (χ0n) is 13.0. The van der Waals surface area contributed by atoms with Crippen molar-refractivity contribution in [1.29, 1.82) is 0 Å². The number of quaternary nitrogens is 1. The fraction of sp³-hybridized carbons (Fsp3) is 1.00. The minimum Gasteiger partial charge on any atom is -0.421 e. The first-order chi connectivity index (χ1) is 10.6. The highest BCUT2D eigenvalue weighted by Crippen LogP contribution is 2.36. The molecule has 0 bridgehead atoms. The summed E-state index contributed by atoms with van der Waals surface area (Å²) in [5.41, 5.74) is -12.4. The van der Waals surface area contributed by atoms with E-state index in [1.54, 1.807) is 0 Å². The first-order valence-corrected chi connectivity index (χ1v) is 9.68. The minimum absolute atomic E-state index is 0.778. The van der Waals surface area contributed by atoms with Crippen LogP contribution in [0.25, 0.3) is 4.13 Å². The molecule has 24 heavy (non-hydrogen) atoms. The zero-order valence-corrected chi connectivity index (χ0v) is 14.6. The molecule has 0 heterocycles. The van der Waals surface area contributed by atoms with Crippen LogP contribution in [-0.4, -0.2) is 40.9 Å². The lowest BCUT2D eigenvalue weighted by atomic mass is 10.2. The molecule has 0 aromatic heterocycles. The van der Waals surface area contributed by atoms with Crippen molar-refractivity contribution in [2.45, 2.75) is 50.5 Å². The van der Waals surface area contributed by atoms with E-state index < -0.39 is 31.1 Å². The average Bonchev–Trinajstić information content (AvgIpc) is 2.35. The van der Waals surface area contributed by atoms with Crippen LogP contribution in [0, 0.1) is 0 Å². The molecule has 0 atom stereocenters. The molecule has 14 heteroatoms. The van der Waals surface area contributed by atoms with Gasteiger partial charge in [0.15, 0.2) is 20.0 Å². The van der Waals surface area contributed by atoms with E-state index in [2.05, 4.69) is 19.2 Å². The molecule has 0 aromatic rings. The number of nitrogens with zero attached hydrogens (tertiary/aromatic N) is 1. The molecule has 0 spiro atoms. The maximum absolute atomic E-state index is 11.4. The van der Waals surface area contributed by atoms with Crippen molar-refractivity contribution < 1.29 is 48.5 Å². The highest BCUT2D eigenvalue weighted by molar-refractivity contribution is 8.13. The second-order valence-corrected chi connectivity index (χ2v) is 7.91. The maximum atomic E-state index is 11.4. The lowest BCUT2D eigenvalue weighted by Gasteiger charge is -2.22. The smallest absolute Gasteiger partial charge is 0.421 e. The van der Waals surface area contributed by atoms with Gasteiger partial charge in [0.2, 0.25) is 0 Å². The van der Waals surface area contributed by atoms with Crippen LogP contribution in [0.4, 0.5) is 26.3 Å². The number of alkyl halides is 6. The van der Waals surface area contributed by atoms with Gasteiger partial charge in [-0.3, -0.25) is 0 Å². The number of rotatable bonds is 8. The summed E-state index contributed by atoms with van der Waals surface area (Å²) in [5, 5.41) is 2.41. The third-order valence-corrected chi connectivity index (χ3v) is 5.03. The lowest BCUT2D eigenvalue weighted by Crippen LogP contribution is -2.84. The van der Waals surface area contributed by atoms with Crippen molar-refractivity contribution >= 4 is 20.0 Å². The monoisotopic (exact) mass is 410 g/mol. The van der Waals surface area contributed by atoms with E-state index >= 15 is 0 Å². The predicted octanol–water partition coefficient (Wildman–Crippen LogP) is 2.21. The fourth-order valence-electron chi connectivity index (χ4n) is 1.10. The molecular formula is C10H20F6N2O4S2. The van der Waals surface area contributed by atoms with Crippen molar-refractivity contribution in [1.82, 2.24) is 0 Å². The van der Waals surface area contributed by atoms with E-state index in [0.717, 1.165) is 4.13 Å². The Kier molecular flexibility index (Phi) is 11.1. The van der Waals surface area contributed by atoms with Crippen molar-refractivity contribution in [2.24, 2.45) is 0 Å². The third kappa shape index (κ3) is 10.3. The summed E-state index contributed by atoms with van der Waals surface area (Å²) in [7, 11) is -13.4. The van der Waals surface area contributed by atoms with Gasteiger partial charge in [-0.1, -0.05) is 20.3 Å². The molecule has 0 aliphatic rings. The van der Waals surface area contributed by atoms with Crippen LogP contribution in [0.2, 0.25) is 0 Å². The molecule has 0 amide bonds. The second kappa shape index (κ2) is 10.4. The number of nitrogens with two attached hydrogens (primary N) is 1. The molecule has 0 aliphatic carbocycles. The van der Waals surface area contributed by atoms with Gasteiger partial charge in [-0.2, -0.15) is 26.3 Å². The Bertz CT molecular complexity index is 495. The Morgan fingerprint density at radius 2 is 1.17 bits per heavy atom. The molecule has 0 saturated heterocycles. The molecule has 0 radical (unpaired) electrons. The number of hydrogen-bond donors (Lipinski definition) is 1. The van der Waals surface area contributed by atoms with Crippen LogP contribution >= 0.6 is 0 Å². The van der Waals surface area contributed by atoms with E-state index in [0.29, 0.717) is 0 Å². The van der Waals surface area contributed by atoms with Gasteiger partial charge >= 0.3 is 11.0 Å². The summed E-state index contributed by atoms with van der Waals surface area (Å²) < 4.78 is 109. The van der Waals surface area contributed by atoms with Gasteiger partial charge in [-0.15, -0.1) is 0 Å². The minimum atomic E-state index is -6.72. The molecule has 0 rings (SSSR count). The van der Waals surface area contributed by atoms with Gasteiger partial charge in [0, 0.05) is 0 Å². The maximum Gasteiger partial charge on any atom is 0.480 e. The second-order valence-electron chi connectivity index (χ2n) is 4.49. The molecule has 148 valence electrons. The van der Waals surface area contributed by atoms with Crippen LogP contribution in [0.5, 0.6) is 0 Å². The molecule has 6 nitrogen and oxygen atoms in total. The number of hydrogen-bond acceptors (Lipinski definition) is 4. The molecular weight excluding hydrogens is 390 g/mol. The van der Waals surface area contributed by atoms with Crippen LogP contribution in [0.1, 0.15) is 39.5 Å². The third-order valence-electron chi connectivity index (χ3n) is 2.29. The first kappa shape index (κ1) is 25.6. The van der Waals surface area contributed by atoms with Crippen molar-refractivity contribution in [3.05, 3.63) is 4.13 Å². The largest absolute Gasteiger partial charge is 0.480 e. The summed E-state index contributed by atoms with van der Waals surface area (Å²) in [4.78, 5) is 0. The molecule has 0 aliphatic heterocycles. The Labute approximate surface area is 137 Å². The van der Waals surface area contributed by atoms with Gasteiger partial charge in [-0.25, -0.2) is 16.8 Å². The quantitative estimate of drug-likeness (QED) is 0.490. The van der Waals surface area contributed by atoms with Crippen molar-refractivity contribution in [2.75, 3.05) is 13.1 Å². The van der Waals surface area contributed by atoms with Gasteiger partial charge in [0.05, 0.1) is 13.1 Å². The Morgan fingerprint density at radius 1 is 0.750 bits per heavy atom. The van der Waals surface area contributed by atoms with Gasteiger partial charge in [-0.05, 0) is 19.3 Å². The number of halogens is 6. The topological polar surface area (TPSA) is 99.0 Å². The van der Waals surface area contributed by atoms with Gasteiger partial charge in [0.1, 0.15) is 0 Å². The average molecular weight is 410 g/mol. The van der Waals surface area contributed by atoms with Crippen LogP contribution in [0.15, 0.2) is 0 Å². The summed E-state index contributed by atoms with van der Waals surface area (Å²) in [6, 6.07) is 0. The SMILES string of the molecule is CCCCC[NH2+]CCC.O=S(=O)([N-]S(=O)(=O)C(F)(F)F)C(F)(F)F. The van der Waals surface area contributed by atoms with E-state index in [-0.39, 0.29) is 0 Å². The highest BCUT2D eigenvalue weighted by atomic mass is 32.3. The Morgan fingerprint density at radius 3 is 1.46 bits per heavy atom. The summed E-state index contributed by atoms with van der Waals surface area (Å²) >= 11 is 0. The van der Waals surface area contributed by atoms with E-state index in [1.807, 2.05) is 0 Å². The van der Waals surface area contributed by atoms with Crippen LogP contribution < -0.4 is 5.32 Å². The molecule has 0 fully saturated rings. The zero-order chi connectivity index (χ0) is 19.7. The standard InChI is InChI=1S/C8H19N.C2F6NO4S2/c1-3-5-6-8-9-7-4-2;3-1(4,5)14(10,11)9-15(12,13)2(6,7)8/h9H,3-8H2,1-2H3;/q;-1/p+1. The van der Waals surface area contributed by atoms with Crippen molar-refractivity contribution in [3.63, 3.8) is 0 Å². The van der Waals surface area contributed by atoms with Crippen LogP contribution in [0.3, 0.4) is 0 Å². The normalized spacial score (nSPS) is 13.3. The van der Waals surface area contributed by atoms with E-state index in [1.165, 1.54) is 38.8 Å². The number of sulfonamides is 2. The molecule has 2 N–H and O–H groups in total. The van der Waals surface area contributed by atoms with Gasteiger partial charge < -0.3 is 9.44 Å². The first-order valence-electron chi connectivity index (χ1n) is 6.80. The highest BCUT2D eigenvalue weighted by Gasteiger charge is 2.46. The number of unbranched alkanes of at least 4 members (excludes halogenated alkanes) is 2. The summed E-state index contributed by atoms with van der Waals surface area (Å²) in [6.07, 6.45) is 5.46. The Hall–Kier alpha value is -0.600. The summed E-state index contributed by atoms with van der Waals surface area (Å²) in [5.74, 6) is 0. The van der Waals surface area contributed by atoms with E-state index in [4.69, 9.17) is 0 Å². The van der Waals surface area contributed by atoms with E-state index in [9.17, 15) is 43.2 Å². The summed E-state index contributed by atoms with van der Waals surface area (Å²) in [6.45, 7) is 7.13. The Balaban J connectivity index is 0. The molecule has 0 aromatic carbocycles. The fourth-order valence-corrected chi connectivity index (χ4v) is 2.81. The molecule has 0 unspecified atom stereocenters. The lowest BCUT2D eigenvalue weighted by molar-refractivity contribution is -0.655. The van der Waals surface area contributed by atoms with Crippen LogP contribution in [-0.2, 0) is 20.0 Å². The predicted molar refractivity (Wildman–Crippen MR) is 74.8 cm³/mol. The molecule has 0 saturated carbocycles. The van der Waals surface area contributed by atoms with Gasteiger partial charge in [0.25, 0.3) is 0 Å².